The number of fused-ring (bicyclic) bond motifs is 7. The van der Waals surface area contributed by atoms with Gasteiger partial charge in [-0.1, -0.05) is 6.08 Å². The van der Waals surface area contributed by atoms with Crippen LogP contribution < -0.4 is 9.47 Å². The van der Waals surface area contributed by atoms with Gasteiger partial charge >= 0.3 is 0 Å². The van der Waals surface area contributed by atoms with Gasteiger partial charge in [0.25, 0.3) is 0 Å². The predicted octanol–water partition coefficient (Wildman–Crippen LogP) is 2.20. The lowest BCUT2D eigenvalue weighted by Gasteiger charge is -2.33. The average Bonchev–Trinajstić information content (AvgIpc) is 2.76. The molecule has 0 amide bonds. The summed E-state index contributed by atoms with van der Waals surface area (Å²) in [5.74, 6) is 1.43. The van der Waals surface area contributed by atoms with E-state index in [1.54, 1.807) is 14.2 Å². The summed E-state index contributed by atoms with van der Waals surface area (Å²) in [6, 6.07) is 4.38. The van der Waals surface area contributed by atoms with Gasteiger partial charge in [0.15, 0.2) is 11.5 Å². The molecule has 3 aliphatic rings. The Labute approximate surface area is 125 Å². The topological polar surface area (TPSA) is 41.9 Å². The van der Waals surface area contributed by atoms with Crippen molar-refractivity contribution in [3.05, 3.63) is 34.9 Å². The zero-order valence-corrected chi connectivity index (χ0v) is 12.6. The van der Waals surface area contributed by atoms with Crippen molar-refractivity contribution in [1.29, 1.82) is 0 Å². The summed E-state index contributed by atoms with van der Waals surface area (Å²) >= 11 is 0. The molecule has 1 aromatic carbocycles. The fourth-order valence-electron chi connectivity index (χ4n) is 4.24. The molecule has 1 N–H and O–H groups in total. The van der Waals surface area contributed by atoms with Crippen LogP contribution in [0.4, 0.5) is 0 Å². The maximum Gasteiger partial charge on any atom is 0.161 e. The first-order valence-electron chi connectivity index (χ1n) is 7.59. The molecule has 2 heterocycles. The van der Waals surface area contributed by atoms with Crippen molar-refractivity contribution in [2.45, 2.75) is 37.5 Å². The second-order valence-corrected chi connectivity index (χ2v) is 6.24. The molecule has 4 nitrogen and oxygen atoms in total. The van der Waals surface area contributed by atoms with Gasteiger partial charge < -0.3 is 14.6 Å². The Bertz CT molecular complexity index is 625. The van der Waals surface area contributed by atoms with E-state index in [2.05, 4.69) is 11.0 Å². The van der Waals surface area contributed by atoms with E-state index in [4.69, 9.17) is 9.47 Å². The lowest BCUT2D eigenvalue weighted by molar-refractivity contribution is 0.0588. The molecule has 21 heavy (non-hydrogen) atoms. The van der Waals surface area contributed by atoms with E-state index in [0.717, 1.165) is 36.3 Å². The van der Waals surface area contributed by atoms with Crippen molar-refractivity contribution >= 4 is 0 Å². The second kappa shape index (κ2) is 4.49. The van der Waals surface area contributed by atoms with E-state index in [1.165, 1.54) is 12.0 Å². The van der Waals surface area contributed by atoms with Crippen molar-refractivity contribution in [2.24, 2.45) is 0 Å². The lowest BCUT2D eigenvalue weighted by Crippen LogP contribution is -2.37. The van der Waals surface area contributed by atoms with Gasteiger partial charge in [0.2, 0.25) is 0 Å². The molecule has 2 aliphatic heterocycles. The van der Waals surface area contributed by atoms with E-state index in [-0.39, 0.29) is 0 Å². The van der Waals surface area contributed by atoms with Gasteiger partial charge in [-0.15, -0.1) is 0 Å². The standard InChI is InChI=1S/C17H21NO3/c1-20-15-7-11-9-18-10-17(19,13(11)8-16(15)21-2)12-5-3-4-6-14(12)18/h5,7-8,14,19H,3-4,6,9-10H2,1-2H3/t14?,17-/m0/s1. The minimum atomic E-state index is -0.849. The summed E-state index contributed by atoms with van der Waals surface area (Å²) in [4.78, 5) is 2.40. The Kier molecular flexibility index (Phi) is 2.81. The SMILES string of the molecule is COc1cc2c(cc1OC)[C@]1(O)CN(C2)C2CCCC=C21. The fourth-order valence-corrected chi connectivity index (χ4v) is 4.24. The first kappa shape index (κ1) is 13.2. The van der Waals surface area contributed by atoms with E-state index >= 15 is 0 Å². The van der Waals surface area contributed by atoms with Gasteiger partial charge in [0.1, 0.15) is 5.60 Å². The van der Waals surface area contributed by atoms with E-state index in [0.29, 0.717) is 18.3 Å². The summed E-state index contributed by atoms with van der Waals surface area (Å²) in [5.41, 5.74) is 2.49. The molecule has 3 atom stereocenters. The molecule has 0 spiro atoms. The summed E-state index contributed by atoms with van der Waals surface area (Å²) in [5, 5.41) is 11.3. The number of methoxy groups -OCH3 is 2. The third-order valence-corrected chi connectivity index (χ3v) is 5.18. The zero-order chi connectivity index (χ0) is 14.6. The second-order valence-electron chi connectivity index (χ2n) is 6.24. The highest BCUT2D eigenvalue weighted by atomic mass is 16.5. The van der Waals surface area contributed by atoms with Gasteiger partial charge in [0.05, 0.1) is 14.2 Å². The smallest absolute Gasteiger partial charge is 0.161 e. The highest BCUT2D eigenvalue weighted by Gasteiger charge is 2.52. The van der Waals surface area contributed by atoms with Crippen LogP contribution in [0.25, 0.3) is 0 Å². The normalized spacial score (nSPS) is 33.0. The molecule has 1 aliphatic carbocycles. The molecule has 2 bridgehead atoms. The van der Waals surface area contributed by atoms with Gasteiger partial charge in [-0.05, 0) is 48.1 Å². The molecule has 0 saturated carbocycles. The van der Waals surface area contributed by atoms with E-state index in [9.17, 15) is 5.11 Å². The van der Waals surface area contributed by atoms with Gasteiger partial charge in [0, 0.05) is 19.1 Å². The average molecular weight is 287 g/mol. The number of rotatable bonds is 2. The first-order chi connectivity index (χ1) is 10.2. The third-order valence-electron chi connectivity index (χ3n) is 5.18. The molecule has 4 rings (SSSR count). The highest BCUT2D eigenvalue weighted by molar-refractivity contribution is 5.55. The van der Waals surface area contributed by atoms with Gasteiger partial charge in [-0.3, -0.25) is 4.90 Å². The maximum absolute atomic E-state index is 11.3. The molecular weight excluding hydrogens is 266 g/mol. The van der Waals surface area contributed by atoms with Crippen molar-refractivity contribution < 1.29 is 14.6 Å². The van der Waals surface area contributed by atoms with Crippen LogP contribution in [0.2, 0.25) is 0 Å². The Hall–Kier alpha value is -1.52. The quantitative estimate of drug-likeness (QED) is 0.847. The van der Waals surface area contributed by atoms with E-state index < -0.39 is 5.60 Å². The number of aliphatic hydroxyl groups is 1. The van der Waals surface area contributed by atoms with Crippen molar-refractivity contribution in [1.82, 2.24) is 4.90 Å². The Morgan fingerprint density at radius 1 is 1.24 bits per heavy atom. The number of hydrogen-bond donors (Lipinski definition) is 1. The number of allylic oxidation sites excluding steroid dienone is 1. The summed E-state index contributed by atoms with van der Waals surface area (Å²) in [6.07, 6.45) is 5.69. The van der Waals surface area contributed by atoms with Crippen LogP contribution in [0.5, 0.6) is 11.5 Å². The summed E-state index contributed by atoms with van der Waals surface area (Å²) in [6.45, 7) is 1.58. The number of hydrogen-bond acceptors (Lipinski definition) is 4. The summed E-state index contributed by atoms with van der Waals surface area (Å²) < 4.78 is 10.8. The fraction of sp³-hybridized carbons (Fsp3) is 0.529. The molecule has 1 aromatic rings. The molecule has 1 fully saturated rings. The first-order valence-corrected chi connectivity index (χ1v) is 7.59. The van der Waals surface area contributed by atoms with Crippen molar-refractivity contribution in [2.75, 3.05) is 20.8 Å². The van der Waals surface area contributed by atoms with Crippen LogP contribution in [0, 0.1) is 0 Å². The molecule has 112 valence electrons. The molecule has 4 heteroatoms. The molecule has 0 radical (unpaired) electrons. The van der Waals surface area contributed by atoms with Gasteiger partial charge in [-0.25, -0.2) is 0 Å². The number of benzene rings is 1. The van der Waals surface area contributed by atoms with Crippen LogP contribution in [0.3, 0.4) is 0 Å². The molecule has 0 aromatic heterocycles. The van der Waals surface area contributed by atoms with Crippen molar-refractivity contribution in [3.63, 3.8) is 0 Å². The largest absolute Gasteiger partial charge is 0.493 e. The Morgan fingerprint density at radius 2 is 2.00 bits per heavy atom. The predicted molar refractivity (Wildman–Crippen MR) is 79.6 cm³/mol. The van der Waals surface area contributed by atoms with Crippen LogP contribution in [0.15, 0.2) is 23.8 Å². The van der Waals surface area contributed by atoms with Crippen molar-refractivity contribution in [3.8, 4) is 11.5 Å². The van der Waals surface area contributed by atoms with Crippen LogP contribution in [0.1, 0.15) is 30.4 Å². The third kappa shape index (κ3) is 1.69. The van der Waals surface area contributed by atoms with Gasteiger partial charge in [-0.2, -0.15) is 0 Å². The van der Waals surface area contributed by atoms with Crippen LogP contribution in [-0.4, -0.2) is 36.8 Å². The maximum atomic E-state index is 11.3. The zero-order valence-electron chi connectivity index (χ0n) is 12.6. The Balaban J connectivity index is 1.90. The monoisotopic (exact) mass is 287 g/mol. The van der Waals surface area contributed by atoms with E-state index in [1.807, 2.05) is 12.1 Å². The minimum Gasteiger partial charge on any atom is -0.493 e. The van der Waals surface area contributed by atoms with Crippen LogP contribution >= 0.6 is 0 Å². The minimum absolute atomic E-state index is 0.396. The summed E-state index contributed by atoms with van der Waals surface area (Å²) in [7, 11) is 3.29. The molecule has 2 unspecified atom stereocenters. The molecular formula is C17H21NO3. The lowest BCUT2D eigenvalue weighted by atomic mass is 9.80. The van der Waals surface area contributed by atoms with Crippen LogP contribution in [-0.2, 0) is 12.1 Å². The number of nitrogens with zero attached hydrogens (tertiary/aromatic N) is 1. The Morgan fingerprint density at radius 3 is 2.76 bits per heavy atom. The number of ether oxygens (including phenoxy) is 2. The molecule has 1 saturated heterocycles. The highest BCUT2D eigenvalue weighted by Crippen LogP contribution is 2.51.